The number of benzene rings is 2. The van der Waals surface area contributed by atoms with E-state index in [1.807, 2.05) is 61.5 Å². The van der Waals surface area contributed by atoms with Gasteiger partial charge in [-0.2, -0.15) is 4.31 Å². The molecule has 134 valence electrons. The maximum Gasteiger partial charge on any atom is 0.214 e. The molecular formula is C20H25NO3S. The molecule has 1 atom stereocenters. The van der Waals surface area contributed by atoms with Gasteiger partial charge < -0.3 is 4.74 Å². The van der Waals surface area contributed by atoms with Crippen LogP contribution in [0.5, 0.6) is 0 Å². The number of morpholine rings is 1. The SMILES string of the molecule is Cc1ccccc1C1CN(S(=O)(=O)CCCc2ccccc2)CCO1. The predicted octanol–water partition coefficient (Wildman–Crippen LogP) is 3.33. The molecule has 0 saturated carbocycles. The van der Waals surface area contributed by atoms with Crippen molar-refractivity contribution in [1.82, 2.24) is 4.31 Å². The maximum absolute atomic E-state index is 12.7. The minimum atomic E-state index is -3.25. The number of nitrogens with zero attached hydrogens (tertiary/aromatic N) is 1. The third-order valence-corrected chi connectivity index (χ3v) is 6.59. The fourth-order valence-electron chi connectivity index (χ4n) is 3.25. The van der Waals surface area contributed by atoms with E-state index >= 15 is 0 Å². The van der Waals surface area contributed by atoms with Crippen LogP contribution < -0.4 is 0 Å². The van der Waals surface area contributed by atoms with E-state index in [1.54, 1.807) is 4.31 Å². The van der Waals surface area contributed by atoms with E-state index in [0.29, 0.717) is 26.1 Å². The Hall–Kier alpha value is -1.69. The highest BCUT2D eigenvalue weighted by molar-refractivity contribution is 7.89. The molecule has 0 radical (unpaired) electrons. The highest BCUT2D eigenvalue weighted by atomic mass is 32.2. The van der Waals surface area contributed by atoms with Crippen molar-refractivity contribution in [2.45, 2.75) is 25.9 Å². The maximum atomic E-state index is 12.7. The quantitative estimate of drug-likeness (QED) is 0.795. The van der Waals surface area contributed by atoms with Crippen LogP contribution in [0, 0.1) is 6.92 Å². The summed E-state index contributed by atoms with van der Waals surface area (Å²) < 4.78 is 32.8. The van der Waals surface area contributed by atoms with Crippen LogP contribution in [-0.4, -0.2) is 38.2 Å². The van der Waals surface area contributed by atoms with Crippen LogP contribution in [0.15, 0.2) is 54.6 Å². The summed E-state index contributed by atoms with van der Waals surface area (Å²) >= 11 is 0. The summed E-state index contributed by atoms with van der Waals surface area (Å²) in [6.07, 6.45) is 1.24. The highest BCUT2D eigenvalue weighted by Crippen LogP contribution is 2.26. The van der Waals surface area contributed by atoms with Crippen LogP contribution >= 0.6 is 0 Å². The lowest BCUT2D eigenvalue weighted by Crippen LogP contribution is -2.43. The van der Waals surface area contributed by atoms with Crippen molar-refractivity contribution in [1.29, 1.82) is 0 Å². The molecule has 0 amide bonds. The first-order valence-corrected chi connectivity index (χ1v) is 10.4. The zero-order valence-corrected chi connectivity index (χ0v) is 15.4. The third-order valence-electron chi connectivity index (χ3n) is 4.67. The number of rotatable bonds is 6. The Morgan fingerprint density at radius 3 is 2.56 bits per heavy atom. The second-order valence-corrected chi connectivity index (χ2v) is 8.57. The largest absolute Gasteiger partial charge is 0.371 e. The van der Waals surface area contributed by atoms with Gasteiger partial charge in [0.05, 0.1) is 18.5 Å². The Labute approximate surface area is 150 Å². The van der Waals surface area contributed by atoms with Gasteiger partial charge in [-0.3, -0.25) is 0 Å². The lowest BCUT2D eigenvalue weighted by Gasteiger charge is -2.33. The minimum Gasteiger partial charge on any atom is -0.371 e. The van der Waals surface area contributed by atoms with E-state index < -0.39 is 10.0 Å². The summed E-state index contributed by atoms with van der Waals surface area (Å²) in [7, 11) is -3.25. The smallest absolute Gasteiger partial charge is 0.214 e. The number of hydrogen-bond acceptors (Lipinski definition) is 3. The summed E-state index contributed by atoms with van der Waals surface area (Å²) in [6, 6.07) is 18.0. The van der Waals surface area contributed by atoms with Crippen molar-refractivity contribution in [3.63, 3.8) is 0 Å². The average molecular weight is 359 g/mol. The first-order chi connectivity index (χ1) is 12.1. The topological polar surface area (TPSA) is 46.6 Å². The van der Waals surface area contributed by atoms with Crippen LogP contribution in [0.25, 0.3) is 0 Å². The van der Waals surface area contributed by atoms with Gasteiger partial charge in [0, 0.05) is 13.1 Å². The van der Waals surface area contributed by atoms with Crippen LogP contribution in [0.4, 0.5) is 0 Å². The first kappa shape index (κ1) is 18.1. The van der Waals surface area contributed by atoms with E-state index in [4.69, 9.17) is 4.74 Å². The van der Waals surface area contributed by atoms with E-state index in [-0.39, 0.29) is 11.9 Å². The van der Waals surface area contributed by atoms with Gasteiger partial charge in [0.15, 0.2) is 0 Å². The Bertz CT molecular complexity index is 790. The van der Waals surface area contributed by atoms with E-state index in [0.717, 1.165) is 17.5 Å². The summed E-state index contributed by atoms with van der Waals surface area (Å²) in [5.74, 6) is 0.183. The minimum absolute atomic E-state index is 0.182. The molecule has 0 N–H and O–H groups in total. The van der Waals surface area contributed by atoms with Gasteiger partial charge >= 0.3 is 0 Å². The Balaban J connectivity index is 1.61. The first-order valence-electron chi connectivity index (χ1n) is 8.75. The van der Waals surface area contributed by atoms with Gasteiger partial charge in [0.1, 0.15) is 0 Å². The molecule has 1 fully saturated rings. The van der Waals surface area contributed by atoms with Crippen molar-refractivity contribution in [2.24, 2.45) is 0 Å². The van der Waals surface area contributed by atoms with Crippen molar-refractivity contribution >= 4 is 10.0 Å². The van der Waals surface area contributed by atoms with Crippen molar-refractivity contribution in [2.75, 3.05) is 25.4 Å². The molecule has 3 rings (SSSR count). The molecule has 1 aliphatic rings. The number of sulfonamides is 1. The molecule has 0 bridgehead atoms. The van der Waals surface area contributed by atoms with E-state index in [1.165, 1.54) is 5.56 Å². The zero-order valence-electron chi connectivity index (χ0n) is 14.6. The van der Waals surface area contributed by atoms with Crippen molar-refractivity contribution < 1.29 is 13.2 Å². The summed E-state index contributed by atoms with van der Waals surface area (Å²) in [6.45, 7) is 3.32. The van der Waals surface area contributed by atoms with Gasteiger partial charge in [0.2, 0.25) is 10.0 Å². The van der Waals surface area contributed by atoms with Crippen LogP contribution in [-0.2, 0) is 21.2 Å². The van der Waals surface area contributed by atoms with Gasteiger partial charge in [0.25, 0.3) is 0 Å². The molecule has 0 aromatic heterocycles. The predicted molar refractivity (Wildman–Crippen MR) is 100.0 cm³/mol. The lowest BCUT2D eigenvalue weighted by atomic mass is 10.0. The zero-order chi connectivity index (χ0) is 17.7. The standard InChI is InChI=1S/C20H25NO3S/c1-17-8-5-6-12-19(17)20-16-21(13-14-24-20)25(22,23)15-7-11-18-9-3-2-4-10-18/h2-6,8-10,12,20H,7,11,13-16H2,1H3. The summed E-state index contributed by atoms with van der Waals surface area (Å²) in [4.78, 5) is 0. The van der Waals surface area contributed by atoms with Gasteiger partial charge in [-0.05, 0) is 36.5 Å². The molecule has 25 heavy (non-hydrogen) atoms. The molecule has 1 heterocycles. The molecule has 0 aliphatic carbocycles. The van der Waals surface area contributed by atoms with E-state index in [9.17, 15) is 8.42 Å². The molecule has 2 aromatic rings. The number of aryl methyl sites for hydroxylation is 2. The van der Waals surface area contributed by atoms with Crippen LogP contribution in [0.1, 0.15) is 29.2 Å². The molecule has 1 saturated heterocycles. The van der Waals surface area contributed by atoms with Crippen molar-refractivity contribution in [3.05, 3.63) is 71.3 Å². The lowest BCUT2D eigenvalue weighted by molar-refractivity contribution is -0.00288. The molecule has 5 heteroatoms. The van der Waals surface area contributed by atoms with Crippen LogP contribution in [0.3, 0.4) is 0 Å². The highest BCUT2D eigenvalue weighted by Gasteiger charge is 2.30. The Morgan fingerprint density at radius 1 is 1.08 bits per heavy atom. The number of hydrogen-bond donors (Lipinski definition) is 0. The second-order valence-electron chi connectivity index (χ2n) is 6.48. The molecule has 1 aliphatic heterocycles. The fraction of sp³-hybridized carbons (Fsp3) is 0.400. The molecule has 1 unspecified atom stereocenters. The van der Waals surface area contributed by atoms with Gasteiger partial charge in [-0.15, -0.1) is 0 Å². The third kappa shape index (κ3) is 4.69. The van der Waals surface area contributed by atoms with Crippen LogP contribution in [0.2, 0.25) is 0 Å². The fourth-order valence-corrected chi connectivity index (χ4v) is 4.73. The number of ether oxygens (including phenoxy) is 1. The Morgan fingerprint density at radius 2 is 1.80 bits per heavy atom. The Kier molecular flexibility index (Phi) is 5.89. The van der Waals surface area contributed by atoms with Gasteiger partial charge in [-0.25, -0.2) is 8.42 Å². The molecule has 0 spiro atoms. The van der Waals surface area contributed by atoms with Crippen molar-refractivity contribution in [3.8, 4) is 0 Å². The second kappa shape index (κ2) is 8.13. The molecule has 2 aromatic carbocycles. The molecule has 4 nitrogen and oxygen atoms in total. The van der Waals surface area contributed by atoms with E-state index in [2.05, 4.69) is 0 Å². The molecular weight excluding hydrogens is 334 g/mol. The summed E-state index contributed by atoms with van der Waals surface area (Å²) in [5.41, 5.74) is 3.39. The average Bonchev–Trinajstić information content (AvgIpc) is 2.63. The monoisotopic (exact) mass is 359 g/mol. The normalized spacial score (nSPS) is 19.0. The summed E-state index contributed by atoms with van der Waals surface area (Å²) in [5, 5.41) is 0. The van der Waals surface area contributed by atoms with Gasteiger partial charge in [-0.1, -0.05) is 54.6 Å².